The Morgan fingerprint density at radius 3 is 2.68 bits per heavy atom. The van der Waals surface area contributed by atoms with E-state index < -0.39 is 0 Å². The fourth-order valence-corrected chi connectivity index (χ4v) is 5.44. The van der Waals surface area contributed by atoms with Crippen molar-refractivity contribution in [3.8, 4) is 0 Å². The Balaban J connectivity index is 2.13. The average molecular weight is 508 g/mol. The van der Waals surface area contributed by atoms with Crippen LogP contribution in [-0.2, 0) is 0 Å². The molecule has 0 saturated heterocycles. The van der Waals surface area contributed by atoms with Crippen LogP contribution in [0, 0.1) is 3.57 Å². The molecule has 19 heavy (non-hydrogen) atoms. The number of alkyl halides is 1. The molecule has 0 N–H and O–H groups in total. The standard InChI is InChI=1S/C15H9Br2IS/c16-9-5-6-13(18)11(7-9)15(17)12-8-19-14-4-2-1-3-10(12)14/h1-8,15H. The Kier molecular flexibility index (Phi) is 4.31. The van der Waals surface area contributed by atoms with E-state index in [9.17, 15) is 0 Å². The quantitative estimate of drug-likeness (QED) is 0.266. The summed E-state index contributed by atoms with van der Waals surface area (Å²) in [6, 6.07) is 15.0. The highest BCUT2D eigenvalue weighted by Crippen LogP contribution is 2.40. The molecule has 0 spiro atoms. The highest BCUT2D eigenvalue weighted by Gasteiger charge is 2.17. The van der Waals surface area contributed by atoms with Crippen LogP contribution < -0.4 is 0 Å². The van der Waals surface area contributed by atoms with Gasteiger partial charge in [0, 0.05) is 12.7 Å². The van der Waals surface area contributed by atoms with E-state index in [-0.39, 0.29) is 4.83 Å². The molecular formula is C15H9Br2IS. The van der Waals surface area contributed by atoms with Gasteiger partial charge in [0.25, 0.3) is 0 Å². The second kappa shape index (κ2) is 5.84. The third-order valence-corrected chi connectivity index (χ3v) is 6.46. The summed E-state index contributed by atoms with van der Waals surface area (Å²) in [6.45, 7) is 0. The lowest BCUT2D eigenvalue weighted by atomic mass is 10.0. The minimum Gasteiger partial charge on any atom is -0.143 e. The molecule has 0 radical (unpaired) electrons. The number of hydrogen-bond acceptors (Lipinski definition) is 1. The summed E-state index contributed by atoms with van der Waals surface area (Å²) in [6.07, 6.45) is 0. The number of thiophene rings is 1. The van der Waals surface area contributed by atoms with Crippen molar-refractivity contribution in [2.24, 2.45) is 0 Å². The van der Waals surface area contributed by atoms with Crippen molar-refractivity contribution in [1.82, 2.24) is 0 Å². The summed E-state index contributed by atoms with van der Waals surface area (Å²) in [5.74, 6) is 0. The van der Waals surface area contributed by atoms with Gasteiger partial charge in [-0.2, -0.15) is 0 Å². The first-order valence-corrected chi connectivity index (χ1v) is 9.38. The lowest BCUT2D eigenvalue weighted by Crippen LogP contribution is -1.95. The normalized spacial score (nSPS) is 12.8. The first-order chi connectivity index (χ1) is 9.16. The largest absolute Gasteiger partial charge is 0.143 e. The van der Waals surface area contributed by atoms with E-state index in [0.29, 0.717) is 0 Å². The lowest BCUT2D eigenvalue weighted by Gasteiger charge is -2.12. The minimum absolute atomic E-state index is 0.230. The summed E-state index contributed by atoms with van der Waals surface area (Å²) in [5.41, 5.74) is 2.65. The van der Waals surface area contributed by atoms with Crippen molar-refractivity contribution in [2.45, 2.75) is 4.83 Å². The summed E-state index contributed by atoms with van der Waals surface area (Å²) in [7, 11) is 0. The Labute approximate surface area is 146 Å². The summed E-state index contributed by atoms with van der Waals surface area (Å²) in [4.78, 5) is 0.230. The van der Waals surface area contributed by atoms with E-state index >= 15 is 0 Å². The van der Waals surface area contributed by atoms with Crippen molar-refractivity contribution < 1.29 is 0 Å². The SMILES string of the molecule is Brc1ccc(I)c(C(Br)c2csc3ccccc23)c1. The van der Waals surface area contributed by atoms with Crippen molar-refractivity contribution in [2.75, 3.05) is 0 Å². The molecule has 1 unspecified atom stereocenters. The minimum atomic E-state index is 0.230. The van der Waals surface area contributed by atoms with Crippen molar-refractivity contribution >= 4 is 75.9 Å². The number of benzene rings is 2. The molecule has 1 atom stereocenters. The molecule has 0 aliphatic rings. The smallest absolute Gasteiger partial charge is 0.0669 e. The molecule has 0 saturated carbocycles. The molecule has 4 heteroatoms. The third kappa shape index (κ3) is 2.77. The van der Waals surface area contributed by atoms with Gasteiger partial charge in [-0.3, -0.25) is 0 Å². The Morgan fingerprint density at radius 1 is 1.05 bits per heavy atom. The van der Waals surface area contributed by atoms with Gasteiger partial charge in [0.2, 0.25) is 0 Å². The van der Waals surface area contributed by atoms with Crippen LogP contribution in [0.4, 0.5) is 0 Å². The first-order valence-electron chi connectivity index (χ1n) is 5.72. The summed E-state index contributed by atoms with van der Waals surface area (Å²) >= 11 is 11.6. The van der Waals surface area contributed by atoms with E-state index in [4.69, 9.17) is 0 Å². The predicted octanol–water partition coefficient (Wildman–Crippen LogP) is 6.75. The molecule has 0 aliphatic carbocycles. The van der Waals surface area contributed by atoms with Crippen molar-refractivity contribution in [3.63, 3.8) is 0 Å². The van der Waals surface area contributed by atoms with E-state index in [0.717, 1.165) is 4.47 Å². The lowest BCUT2D eigenvalue weighted by molar-refractivity contribution is 1.19. The Morgan fingerprint density at radius 2 is 1.84 bits per heavy atom. The van der Waals surface area contributed by atoms with Gasteiger partial charge in [-0.25, -0.2) is 0 Å². The van der Waals surface area contributed by atoms with Gasteiger partial charge in [0.05, 0.1) is 4.83 Å². The zero-order valence-corrected chi connectivity index (χ0v) is 15.9. The predicted molar refractivity (Wildman–Crippen MR) is 99.5 cm³/mol. The van der Waals surface area contributed by atoms with Gasteiger partial charge in [0.1, 0.15) is 0 Å². The van der Waals surface area contributed by atoms with Crippen LogP contribution in [0.15, 0.2) is 52.3 Å². The fraction of sp³-hybridized carbons (Fsp3) is 0.0667. The maximum absolute atomic E-state index is 3.86. The molecule has 96 valence electrons. The van der Waals surface area contributed by atoms with E-state index in [1.807, 2.05) is 0 Å². The first kappa shape index (κ1) is 14.0. The maximum Gasteiger partial charge on any atom is 0.0669 e. The molecule has 0 amide bonds. The molecule has 0 fully saturated rings. The molecule has 1 heterocycles. The second-order valence-corrected chi connectivity index (χ2v) is 8.12. The average Bonchev–Trinajstić information content (AvgIpc) is 2.84. The molecule has 0 nitrogen and oxygen atoms in total. The zero-order valence-electron chi connectivity index (χ0n) is 9.74. The van der Waals surface area contributed by atoms with Crippen LogP contribution >= 0.6 is 65.8 Å². The fourth-order valence-electron chi connectivity index (χ4n) is 2.07. The molecule has 3 aromatic rings. The Hall–Kier alpha value is 0.0900. The Bertz CT molecular complexity index is 736. The molecule has 3 rings (SSSR count). The van der Waals surface area contributed by atoms with Gasteiger partial charge in [-0.05, 0) is 68.7 Å². The molecule has 0 bridgehead atoms. The van der Waals surface area contributed by atoms with Crippen LogP contribution in [0.1, 0.15) is 16.0 Å². The highest BCUT2D eigenvalue weighted by molar-refractivity contribution is 14.1. The maximum atomic E-state index is 3.86. The molecule has 1 aromatic heterocycles. The number of fused-ring (bicyclic) bond motifs is 1. The van der Waals surface area contributed by atoms with E-state index in [2.05, 4.69) is 102 Å². The summed E-state index contributed by atoms with van der Waals surface area (Å²) in [5, 5.41) is 3.59. The molecular weight excluding hydrogens is 499 g/mol. The van der Waals surface area contributed by atoms with Crippen LogP contribution in [0.3, 0.4) is 0 Å². The van der Waals surface area contributed by atoms with Gasteiger partial charge < -0.3 is 0 Å². The van der Waals surface area contributed by atoms with Gasteiger partial charge in [0.15, 0.2) is 0 Å². The topological polar surface area (TPSA) is 0 Å². The van der Waals surface area contributed by atoms with Crippen LogP contribution in [-0.4, -0.2) is 0 Å². The summed E-state index contributed by atoms with van der Waals surface area (Å²) < 4.78 is 3.73. The van der Waals surface area contributed by atoms with E-state index in [1.54, 1.807) is 11.3 Å². The monoisotopic (exact) mass is 506 g/mol. The van der Waals surface area contributed by atoms with Crippen molar-refractivity contribution in [3.05, 3.63) is 67.0 Å². The van der Waals surface area contributed by atoms with Crippen LogP contribution in [0.25, 0.3) is 10.1 Å². The molecule has 0 aliphatic heterocycles. The van der Waals surface area contributed by atoms with Crippen LogP contribution in [0.5, 0.6) is 0 Å². The van der Waals surface area contributed by atoms with Crippen molar-refractivity contribution in [1.29, 1.82) is 0 Å². The van der Waals surface area contributed by atoms with E-state index in [1.165, 1.54) is 24.8 Å². The number of halogens is 3. The van der Waals surface area contributed by atoms with Gasteiger partial charge in [-0.1, -0.05) is 50.1 Å². The van der Waals surface area contributed by atoms with Crippen LogP contribution in [0.2, 0.25) is 0 Å². The third-order valence-electron chi connectivity index (χ3n) is 3.02. The van der Waals surface area contributed by atoms with Gasteiger partial charge >= 0.3 is 0 Å². The zero-order chi connectivity index (χ0) is 13.4. The van der Waals surface area contributed by atoms with Gasteiger partial charge in [-0.15, -0.1) is 11.3 Å². The number of rotatable bonds is 2. The molecule has 2 aromatic carbocycles. The second-order valence-electron chi connectivity index (χ2n) is 4.22. The number of hydrogen-bond donors (Lipinski definition) is 0. The highest BCUT2D eigenvalue weighted by atomic mass is 127.